The van der Waals surface area contributed by atoms with Gasteiger partial charge in [-0.05, 0) is 44.2 Å². The van der Waals surface area contributed by atoms with Gasteiger partial charge in [-0.1, -0.05) is 36.4 Å². The topological polar surface area (TPSA) is 69.6 Å². The second kappa shape index (κ2) is 10.3. The molecule has 4 heterocycles. The van der Waals surface area contributed by atoms with Gasteiger partial charge < -0.3 is 4.90 Å². The molecular weight excluding hydrogens is 458 g/mol. The summed E-state index contributed by atoms with van der Waals surface area (Å²) >= 11 is 1.72. The zero-order valence-electron chi connectivity index (χ0n) is 20.1. The third-order valence-corrected chi connectivity index (χ3v) is 8.18. The molecule has 3 aromatic rings. The minimum absolute atomic E-state index is 0.0145. The quantitative estimate of drug-likeness (QED) is 0.437. The van der Waals surface area contributed by atoms with Gasteiger partial charge in [-0.2, -0.15) is 0 Å². The van der Waals surface area contributed by atoms with Gasteiger partial charge in [0.1, 0.15) is 10.5 Å². The Balaban J connectivity index is 1.20. The molecule has 1 aromatic carbocycles. The predicted octanol–water partition coefficient (Wildman–Crippen LogP) is 4.46. The smallest absolute Gasteiger partial charge is 0.310 e. The first kappa shape index (κ1) is 23.6. The van der Waals surface area contributed by atoms with E-state index in [0.29, 0.717) is 25.9 Å². The van der Waals surface area contributed by atoms with Gasteiger partial charge in [0.2, 0.25) is 0 Å². The van der Waals surface area contributed by atoms with Crippen LogP contribution in [0.25, 0.3) is 10.6 Å². The Hall–Kier alpha value is -3.10. The lowest BCUT2D eigenvalue weighted by Gasteiger charge is -2.41. The number of thiazole rings is 1. The first-order valence-corrected chi connectivity index (χ1v) is 13.2. The van der Waals surface area contributed by atoms with E-state index in [4.69, 9.17) is 0 Å². The number of urea groups is 1. The van der Waals surface area contributed by atoms with Crippen molar-refractivity contribution >= 4 is 23.3 Å². The maximum absolute atomic E-state index is 13.6. The van der Waals surface area contributed by atoms with Crippen molar-refractivity contribution in [3.05, 3.63) is 71.5 Å². The summed E-state index contributed by atoms with van der Waals surface area (Å²) in [6.45, 7) is 5.39. The molecule has 2 fully saturated rings. The van der Waals surface area contributed by atoms with E-state index in [9.17, 15) is 9.59 Å². The average Bonchev–Trinajstić information content (AvgIpc) is 3.44. The highest BCUT2D eigenvalue weighted by atomic mass is 32.1. The van der Waals surface area contributed by atoms with E-state index < -0.39 is 5.54 Å². The summed E-state index contributed by atoms with van der Waals surface area (Å²) in [7, 11) is 0. The summed E-state index contributed by atoms with van der Waals surface area (Å²) < 4.78 is 0. The summed E-state index contributed by atoms with van der Waals surface area (Å²) in [5.41, 5.74) is 1.57. The van der Waals surface area contributed by atoms with Crippen molar-refractivity contribution in [3.8, 4) is 10.6 Å². The van der Waals surface area contributed by atoms with Crippen molar-refractivity contribution in [2.24, 2.45) is 0 Å². The number of aryl methyl sites for hydroxylation is 1. The monoisotopic (exact) mass is 489 g/mol. The van der Waals surface area contributed by atoms with Crippen molar-refractivity contribution in [3.63, 3.8) is 0 Å². The minimum atomic E-state index is -0.695. The second-order valence-electron chi connectivity index (χ2n) is 9.25. The van der Waals surface area contributed by atoms with Crippen LogP contribution in [0.4, 0.5) is 4.79 Å². The Morgan fingerprint density at radius 3 is 2.54 bits per heavy atom. The number of rotatable bonds is 8. The number of aromatic nitrogens is 2. The van der Waals surface area contributed by atoms with E-state index in [1.807, 2.05) is 54.5 Å². The van der Waals surface area contributed by atoms with E-state index >= 15 is 0 Å². The van der Waals surface area contributed by atoms with Crippen LogP contribution in [-0.2, 0) is 17.8 Å². The molecule has 1 spiro atoms. The van der Waals surface area contributed by atoms with E-state index in [1.54, 1.807) is 17.5 Å². The van der Waals surface area contributed by atoms with Crippen LogP contribution in [0.15, 0.2) is 61.1 Å². The molecule has 8 heteroatoms. The largest absolute Gasteiger partial charge is 0.327 e. The van der Waals surface area contributed by atoms with E-state index in [2.05, 4.69) is 27.0 Å². The van der Waals surface area contributed by atoms with Gasteiger partial charge in [0.05, 0.1) is 0 Å². The molecule has 0 unspecified atom stereocenters. The fraction of sp³-hybridized carbons (Fsp3) is 0.407. The van der Waals surface area contributed by atoms with Crippen molar-refractivity contribution in [1.82, 2.24) is 24.7 Å². The molecule has 35 heavy (non-hydrogen) atoms. The summed E-state index contributed by atoms with van der Waals surface area (Å²) in [4.78, 5) is 42.4. The van der Waals surface area contributed by atoms with Gasteiger partial charge in [-0.15, -0.1) is 11.3 Å². The molecule has 2 aliphatic heterocycles. The molecule has 3 amide bonds. The Morgan fingerprint density at radius 2 is 1.83 bits per heavy atom. The van der Waals surface area contributed by atoms with Gasteiger partial charge in [0.15, 0.2) is 0 Å². The molecule has 5 rings (SSSR count). The van der Waals surface area contributed by atoms with Crippen molar-refractivity contribution in [2.75, 3.05) is 26.2 Å². The predicted molar refractivity (Wildman–Crippen MR) is 137 cm³/mol. The van der Waals surface area contributed by atoms with Gasteiger partial charge in [-0.3, -0.25) is 19.6 Å². The second-order valence-corrected chi connectivity index (χ2v) is 10.4. The number of nitrogens with zero attached hydrogens (tertiary/aromatic N) is 5. The maximum atomic E-state index is 13.6. The Labute approximate surface area is 210 Å². The lowest BCUT2D eigenvalue weighted by atomic mass is 9.85. The van der Waals surface area contributed by atoms with Crippen LogP contribution >= 0.6 is 11.3 Å². The zero-order valence-corrected chi connectivity index (χ0v) is 20.9. The third kappa shape index (κ3) is 4.73. The van der Waals surface area contributed by atoms with Crippen LogP contribution in [-0.4, -0.2) is 68.3 Å². The minimum Gasteiger partial charge on any atom is -0.310 e. The normalized spacial score (nSPS) is 18.1. The van der Waals surface area contributed by atoms with Crippen LogP contribution in [0.2, 0.25) is 0 Å². The zero-order chi connectivity index (χ0) is 24.3. The number of benzene rings is 1. The molecule has 0 atom stereocenters. The highest BCUT2D eigenvalue weighted by Crippen LogP contribution is 2.38. The fourth-order valence-electron chi connectivity index (χ4n) is 5.28. The Morgan fingerprint density at radius 1 is 1.03 bits per heavy atom. The van der Waals surface area contributed by atoms with Gasteiger partial charge >= 0.3 is 6.03 Å². The van der Waals surface area contributed by atoms with Crippen LogP contribution in [0.1, 0.15) is 36.6 Å². The van der Waals surface area contributed by atoms with Gasteiger partial charge in [0.25, 0.3) is 5.91 Å². The number of likely N-dealkylation sites (N-methyl/N-ethyl adjacent to an activating group) is 1. The molecule has 0 aliphatic carbocycles. The number of imide groups is 1. The van der Waals surface area contributed by atoms with Gasteiger partial charge in [-0.25, -0.2) is 9.78 Å². The third-order valence-electron chi connectivity index (χ3n) is 7.14. The molecule has 2 aliphatic rings. The molecule has 0 radical (unpaired) electrons. The molecule has 182 valence electrons. The average molecular weight is 490 g/mol. The number of pyridine rings is 1. The Kier molecular flexibility index (Phi) is 6.92. The summed E-state index contributed by atoms with van der Waals surface area (Å²) in [6.07, 6.45) is 8.46. The standard InChI is InChI=1S/C27H31N5O2S/c1-2-32-26(34)31(15-7-9-21-8-6-14-28-18-21)25(33)27(32)12-16-30(17-13-27)20-23-19-29-24(35-23)22-10-4-3-5-11-22/h3-6,8,10-11,14,18-19H,2,7,9,12-13,15-17,20H2,1H3. The van der Waals surface area contributed by atoms with Crippen molar-refractivity contribution < 1.29 is 9.59 Å². The van der Waals surface area contributed by atoms with Crippen LogP contribution < -0.4 is 0 Å². The number of hydrogen-bond donors (Lipinski definition) is 0. The maximum Gasteiger partial charge on any atom is 0.327 e. The fourth-order valence-corrected chi connectivity index (χ4v) is 6.24. The lowest BCUT2D eigenvalue weighted by molar-refractivity contribution is -0.135. The van der Waals surface area contributed by atoms with Crippen molar-refractivity contribution in [1.29, 1.82) is 0 Å². The molecule has 0 bridgehead atoms. The highest BCUT2D eigenvalue weighted by molar-refractivity contribution is 7.15. The summed E-state index contributed by atoms with van der Waals surface area (Å²) in [6, 6.07) is 14.0. The van der Waals surface area contributed by atoms with Crippen LogP contribution in [0.5, 0.6) is 0 Å². The molecular formula is C27H31N5O2S. The number of hydrogen-bond acceptors (Lipinski definition) is 6. The molecule has 2 aromatic heterocycles. The number of carbonyl (C=O) groups excluding carboxylic acids is 2. The number of carbonyl (C=O) groups is 2. The Bertz CT molecular complexity index is 1160. The van der Waals surface area contributed by atoms with Crippen LogP contribution in [0.3, 0.4) is 0 Å². The van der Waals surface area contributed by atoms with Crippen LogP contribution in [0, 0.1) is 0 Å². The number of likely N-dealkylation sites (tertiary alicyclic amines) is 1. The van der Waals surface area contributed by atoms with E-state index in [1.165, 1.54) is 9.78 Å². The lowest BCUT2D eigenvalue weighted by Crippen LogP contribution is -2.56. The number of amides is 3. The SMILES string of the molecule is CCN1C(=O)N(CCCc2cccnc2)C(=O)C12CCN(Cc1cnc(-c3ccccc3)s1)CC2. The van der Waals surface area contributed by atoms with E-state index in [-0.39, 0.29) is 11.9 Å². The van der Waals surface area contributed by atoms with Crippen molar-refractivity contribution in [2.45, 2.75) is 44.7 Å². The summed E-state index contributed by atoms with van der Waals surface area (Å²) in [5, 5.41) is 1.03. The highest BCUT2D eigenvalue weighted by Gasteiger charge is 2.57. The molecule has 0 N–H and O–H groups in total. The molecule has 7 nitrogen and oxygen atoms in total. The molecule has 2 saturated heterocycles. The molecule has 0 saturated carbocycles. The first-order chi connectivity index (χ1) is 17.1. The number of piperidine rings is 1. The van der Waals surface area contributed by atoms with E-state index in [0.717, 1.165) is 48.6 Å². The summed E-state index contributed by atoms with van der Waals surface area (Å²) in [5.74, 6) is -0.0145. The first-order valence-electron chi connectivity index (χ1n) is 12.4. The van der Waals surface area contributed by atoms with Gasteiger partial charge in [0, 0.05) is 61.8 Å².